The van der Waals surface area contributed by atoms with Gasteiger partial charge in [0.1, 0.15) is 5.52 Å². The average molecular weight is 300 g/mol. The van der Waals surface area contributed by atoms with Crippen LogP contribution in [0.4, 0.5) is 0 Å². The topological polar surface area (TPSA) is 29.3 Å². The van der Waals surface area contributed by atoms with E-state index in [4.69, 9.17) is 4.42 Å². The van der Waals surface area contributed by atoms with Gasteiger partial charge in [-0.1, -0.05) is 38.3 Å². The first kappa shape index (κ1) is 15.5. The number of hydrogen-bond donors (Lipinski definition) is 0. The minimum absolute atomic E-state index is 0.888. The number of aromatic nitrogens is 1. The Kier molecular flexibility index (Phi) is 5.49. The highest BCUT2D eigenvalue weighted by Crippen LogP contribution is 2.23. The van der Waals surface area contributed by atoms with Crippen LogP contribution in [0.25, 0.3) is 11.1 Å². The van der Waals surface area contributed by atoms with Gasteiger partial charge < -0.3 is 9.32 Å². The first-order valence-corrected chi connectivity index (χ1v) is 8.92. The molecule has 0 atom stereocenters. The molecule has 1 aromatic carbocycles. The van der Waals surface area contributed by atoms with Crippen molar-refractivity contribution in [3.8, 4) is 0 Å². The molecule has 0 spiro atoms. The zero-order chi connectivity index (χ0) is 15.2. The maximum Gasteiger partial charge on any atom is 0.195 e. The zero-order valence-corrected chi connectivity index (χ0v) is 13.8. The molecule has 0 bridgehead atoms. The molecule has 0 unspecified atom stereocenters. The van der Waals surface area contributed by atoms with Crippen LogP contribution < -0.4 is 0 Å². The standard InChI is InChI=1S/C19H28N2O/c1-2-3-7-16-11-14-21(15-12-16)13-6-10-19-20-17-8-4-5-9-18(17)22-19/h4-5,8-9,16H,2-3,6-7,10-15H2,1H3. The lowest BCUT2D eigenvalue weighted by Crippen LogP contribution is -2.34. The number of nitrogens with zero attached hydrogens (tertiary/aromatic N) is 2. The molecule has 1 aromatic heterocycles. The molecule has 2 aromatic rings. The van der Waals surface area contributed by atoms with Crippen LogP contribution >= 0.6 is 0 Å². The molecule has 0 N–H and O–H groups in total. The van der Waals surface area contributed by atoms with Crippen LogP contribution in [-0.4, -0.2) is 29.5 Å². The van der Waals surface area contributed by atoms with E-state index in [-0.39, 0.29) is 0 Å². The third kappa shape index (κ3) is 4.10. The number of piperidine rings is 1. The van der Waals surface area contributed by atoms with Crippen LogP contribution in [0.3, 0.4) is 0 Å². The Labute approximate surface area is 133 Å². The number of benzene rings is 1. The van der Waals surface area contributed by atoms with Gasteiger partial charge in [0.2, 0.25) is 0 Å². The quantitative estimate of drug-likeness (QED) is 0.744. The maximum absolute atomic E-state index is 5.79. The Morgan fingerprint density at radius 1 is 1.18 bits per heavy atom. The number of likely N-dealkylation sites (tertiary alicyclic amines) is 1. The normalized spacial score (nSPS) is 17.3. The lowest BCUT2D eigenvalue weighted by Gasteiger charge is -2.31. The molecule has 0 aliphatic carbocycles. The van der Waals surface area contributed by atoms with Crippen LogP contribution in [0.15, 0.2) is 28.7 Å². The van der Waals surface area contributed by atoms with Gasteiger partial charge in [0.15, 0.2) is 11.5 Å². The highest BCUT2D eigenvalue weighted by Gasteiger charge is 2.18. The number of hydrogen-bond acceptors (Lipinski definition) is 3. The Balaban J connectivity index is 1.38. The fourth-order valence-electron chi connectivity index (χ4n) is 3.47. The molecule has 1 aliphatic heterocycles. The van der Waals surface area contributed by atoms with Crippen LogP contribution in [-0.2, 0) is 6.42 Å². The van der Waals surface area contributed by atoms with E-state index in [0.717, 1.165) is 35.7 Å². The third-order valence-electron chi connectivity index (χ3n) is 4.88. The van der Waals surface area contributed by atoms with Crippen molar-refractivity contribution in [1.82, 2.24) is 9.88 Å². The van der Waals surface area contributed by atoms with Crippen molar-refractivity contribution in [2.75, 3.05) is 19.6 Å². The second-order valence-electron chi connectivity index (χ2n) is 6.61. The van der Waals surface area contributed by atoms with E-state index in [9.17, 15) is 0 Å². The highest BCUT2D eigenvalue weighted by molar-refractivity contribution is 5.72. The predicted molar refractivity (Wildman–Crippen MR) is 91.0 cm³/mol. The fourth-order valence-corrected chi connectivity index (χ4v) is 3.47. The van der Waals surface area contributed by atoms with Crippen molar-refractivity contribution in [2.45, 2.75) is 51.9 Å². The first-order chi connectivity index (χ1) is 10.8. The summed E-state index contributed by atoms with van der Waals surface area (Å²) in [4.78, 5) is 7.17. The smallest absolute Gasteiger partial charge is 0.195 e. The third-order valence-corrected chi connectivity index (χ3v) is 4.88. The van der Waals surface area contributed by atoms with Crippen LogP contribution in [0.2, 0.25) is 0 Å². The summed E-state index contributed by atoms with van der Waals surface area (Å²) >= 11 is 0. The number of aryl methyl sites for hydroxylation is 1. The van der Waals surface area contributed by atoms with Gasteiger partial charge in [-0.2, -0.15) is 0 Å². The van der Waals surface area contributed by atoms with Crippen molar-refractivity contribution >= 4 is 11.1 Å². The summed E-state index contributed by atoms with van der Waals surface area (Å²) in [5.41, 5.74) is 1.89. The summed E-state index contributed by atoms with van der Waals surface area (Å²) in [6, 6.07) is 8.02. The van der Waals surface area contributed by atoms with Crippen molar-refractivity contribution in [2.24, 2.45) is 5.92 Å². The Bertz CT molecular complexity index is 537. The molecule has 1 aliphatic rings. The first-order valence-electron chi connectivity index (χ1n) is 8.92. The Hall–Kier alpha value is -1.35. The molecular formula is C19H28N2O. The molecule has 0 saturated carbocycles. The summed E-state index contributed by atoms with van der Waals surface area (Å²) in [6.07, 6.45) is 9.06. The van der Waals surface area contributed by atoms with Crippen LogP contribution in [0.5, 0.6) is 0 Å². The monoisotopic (exact) mass is 300 g/mol. The summed E-state index contributed by atoms with van der Waals surface area (Å²) < 4.78 is 5.79. The maximum atomic E-state index is 5.79. The molecule has 0 radical (unpaired) electrons. The van der Waals surface area contributed by atoms with Gasteiger partial charge in [-0.05, 0) is 56.9 Å². The minimum Gasteiger partial charge on any atom is -0.441 e. The summed E-state index contributed by atoms with van der Waals surface area (Å²) in [6.45, 7) is 6.03. The van der Waals surface area contributed by atoms with Crippen molar-refractivity contribution in [3.63, 3.8) is 0 Å². The predicted octanol–water partition coefficient (Wildman–Crippen LogP) is 4.66. The molecule has 1 fully saturated rings. The van der Waals surface area contributed by atoms with Gasteiger partial charge in [-0.25, -0.2) is 4.98 Å². The van der Waals surface area contributed by atoms with E-state index >= 15 is 0 Å². The van der Waals surface area contributed by atoms with Gasteiger partial charge in [-0.3, -0.25) is 0 Å². The fraction of sp³-hybridized carbons (Fsp3) is 0.632. The van der Waals surface area contributed by atoms with Crippen LogP contribution in [0.1, 0.15) is 51.3 Å². The number of fused-ring (bicyclic) bond motifs is 1. The Morgan fingerprint density at radius 2 is 2.00 bits per heavy atom. The molecule has 120 valence electrons. The van der Waals surface area contributed by atoms with Gasteiger partial charge in [0, 0.05) is 6.42 Å². The molecular weight excluding hydrogens is 272 g/mol. The lowest BCUT2D eigenvalue weighted by molar-refractivity contribution is 0.175. The van der Waals surface area contributed by atoms with Crippen molar-refractivity contribution < 1.29 is 4.42 Å². The summed E-state index contributed by atoms with van der Waals surface area (Å²) in [7, 11) is 0. The molecule has 3 rings (SSSR count). The van der Waals surface area contributed by atoms with Gasteiger partial charge >= 0.3 is 0 Å². The zero-order valence-electron chi connectivity index (χ0n) is 13.8. The molecule has 3 heteroatoms. The number of unbranched alkanes of at least 4 members (excludes halogenated alkanes) is 1. The second-order valence-corrected chi connectivity index (χ2v) is 6.61. The summed E-state index contributed by atoms with van der Waals surface area (Å²) in [5, 5.41) is 0. The molecule has 3 nitrogen and oxygen atoms in total. The van der Waals surface area contributed by atoms with Gasteiger partial charge in [0.25, 0.3) is 0 Å². The van der Waals surface area contributed by atoms with Crippen LogP contribution in [0, 0.1) is 5.92 Å². The summed E-state index contributed by atoms with van der Waals surface area (Å²) in [5.74, 6) is 1.87. The molecule has 0 amide bonds. The molecule has 22 heavy (non-hydrogen) atoms. The molecule has 1 saturated heterocycles. The minimum atomic E-state index is 0.888. The van der Waals surface area contributed by atoms with E-state index in [1.807, 2.05) is 24.3 Å². The highest BCUT2D eigenvalue weighted by atomic mass is 16.3. The van der Waals surface area contributed by atoms with E-state index in [0.29, 0.717) is 0 Å². The second kappa shape index (κ2) is 7.77. The van der Waals surface area contributed by atoms with E-state index in [1.165, 1.54) is 51.7 Å². The largest absolute Gasteiger partial charge is 0.441 e. The van der Waals surface area contributed by atoms with Gasteiger partial charge in [0.05, 0.1) is 0 Å². The molecule has 2 heterocycles. The SMILES string of the molecule is CCCCC1CCN(CCCc2nc3ccccc3o2)CC1. The van der Waals surface area contributed by atoms with E-state index in [2.05, 4.69) is 16.8 Å². The Morgan fingerprint density at radius 3 is 2.77 bits per heavy atom. The van der Waals surface area contributed by atoms with E-state index < -0.39 is 0 Å². The van der Waals surface area contributed by atoms with Crippen molar-refractivity contribution in [3.05, 3.63) is 30.2 Å². The number of rotatable bonds is 7. The average Bonchev–Trinajstić information content (AvgIpc) is 2.97. The number of para-hydroxylation sites is 2. The number of oxazole rings is 1. The van der Waals surface area contributed by atoms with Gasteiger partial charge in [-0.15, -0.1) is 0 Å². The van der Waals surface area contributed by atoms with Crippen molar-refractivity contribution in [1.29, 1.82) is 0 Å². The lowest BCUT2D eigenvalue weighted by atomic mass is 9.91. The van der Waals surface area contributed by atoms with E-state index in [1.54, 1.807) is 0 Å².